The molecule has 0 aliphatic carbocycles. The number of halogens is 1. The molecule has 0 heterocycles. The summed E-state index contributed by atoms with van der Waals surface area (Å²) in [5.41, 5.74) is 0. The monoisotopic (exact) mass is 210 g/mol. The smallest absolute Gasteiger partial charge is 1.00 e. The summed E-state index contributed by atoms with van der Waals surface area (Å²) in [4.78, 5) is 0. The molecule has 0 aromatic rings. The minimum atomic E-state index is 0. The van der Waals surface area contributed by atoms with Crippen molar-refractivity contribution in [2.75, 3.05) is 0 Å². The van der Waals surface area contributed by atoms with Gasteiger partial charge in [-0.2, -0.15) is 0 Å². The minimum absolute atomic E-state index is 0. The van der Waals surface area contributed by atoms with Gasteiger partial charge >= 0.3 is 20.4 Å². The van der Waals surface area contributed by atoms with E-state index in [1.165, 1.54) is 0 Å². The number of hydrogen-bond acceptors (Lipinski definition) is 4. The fourth-order valence-electron chi connectivity index (χ4n) is 0. The quantitative estimate of drug-likeness (QED) is 0.336. The van der Waals surface area contributed by atoms with Crippen LogP contribution in [-0.4, -0.2) is 0 Å². The molecule has 0 saturated heterocycles. The Labute approximate surface area is 59.3 Å². The summed E-state index contributed by atoms with van der Waals surface area (Å²) in [5, 5.41) is 0. The first kappa shape index (κ1) is 363. The summed E-state index contributed by atoms with van der Waals surface area (Å²) < 4.78 is 0. The maximum absolute atomic E-state index is 0. The van der Waals surface area contributed by atoms with Gasteiger partial charge in [-0.1, -0.05) is 0 Å². The molecule has 50 valence electrons. The van der Waals surface area contributed by atoms with Gasteiger partial charge in [-0.15, -0.1) is 0 Å². The Morgan fingerprint density at radius 3 is 0.667 bits per heavy atom. The number of hydrogen-bond donors (Lipinski definition) is 4. The Morgan fingerprint density at radius 1 is 0.667 bits per heavy atom. The van der Waals surface area contributed by atoms with Crippen molar-refractivity contribution in [1.82, 2.24) is 24.6 Å². The molecule has 0 saturated carbocycles. The van der Waals surface area contributed by atoms with Crippen LogP contribution in [0.15, 0.2) is 0 Å². The van der Waals surface area contributed by atoms with Crippen molar-refractivity contribution in [2.45, 2.75) is 0 Å². The fourth-order valence-corrected chi connectivity index (χ4v) is 0. The van der Waals surface area contributed by atoms with Gasteiger partial charge in [-0.05, 0) is 0 Å². The van der Waals surface area contributed by atoms with E-state index in [1.54, 1.807) is 0 Å². The van der Waals surface area contributed by atoms with Crippen molar-refractivity contribution in [3.05, 3.63) is 0 Å². The molecule has 0 rings (SSSR count). The predicted octanol–water partition coefficient (Wildman–Crippen LogP) is -2.24. The summed E-state index contributed by atoms with van der Waals surface area (Å²) in [6, 6.07) is 0. The van der Waals surface area contributed by atoms with Crippen LogP contribution in [0.2, 0.25) is 0 Å². The summed E-state index contributed by atoms with van der Waals surface area (Å²) in [6.45, 7) is 0. The molecule has 4 nitrogen and oxygen atoms in total. The maximum atomic E-state index is 0. The van der Waals surface area contributed by atoms with Gasteiger partial charge in [0.2, 0.25) is 0 Å². The fraction of sp³-hybridized carbons (Fsp3) is 0. The normalized spacial score (nSPS) is 0. The van der Waals surface area contributed by atoms with Crippen LogP contribution in [0.4, 0.5) is 0 Å². The van der Waals surface area contributed by atoms with Crippen LogP contribution < -0.4 is 37.0 Å². The molecule has 0 amide bonds. The molecule has 12 N–H and O–H groups in total. The van der Waals surface area contributed by atoms with Gasteiger partial charge < -0.3 is 38.4 Å². The van der Waals surface area contributed by atoms with Crippen LogP contribution in [0.25, 0.3) is 0 Å². The first-order valence-corrected chi connectivity index (χ1v) is 0. The zero-order chi connectivity index (χ0) is 0. The summed E-state index contributed by atoms with van der Waals surface area (Å²) >= 11 is 0. The van der Waals surface area contributed by atoms with Gasteiger partial charge in [-0.25, -0.2) is 0 Å². The van der Waals surface area contributed by atoms with Crippen molar-refractivity contribution in [1.29, 1.82) is 0 Å². The zero-order valence-corrected chi connectivity index (χ0v) is 5.83. The molecule has 0 radical (unpaired) electrons. The van der Waals surface area contributed by atoms with E-state index in [0.29, 0.717) is 0 Å². The molecule has 0 aromatic heterocycles. The van der Waals surface area contributed by atoms with E-state index in [9.17, 15) is 0 Å². The van der Waals surface area contributed by atoms with Crippen LogP contribution in [0.5, 0.6) is 0 Å². The molecule has 0 spiro atoms. The van der Waals surface area contributed by atoms with Crippen LogP contribution in [0.3, 0.4) is 0 Å². The Kier molecular flexibility index (Phi) is 12800. The van der Waals surface area contributed by atoms with E-state index in [0.717, 1.165) is 0 Å². The molecular weight excluding hydrogens is 198 g/mol. The number of rotatable bonds is 0. The van der Waals surface area contributed by atoms with E-state index in [-0.39, 0.29) is 58.9 Å². The molecule has 6 heavy (non-hydrogen) atoms. The molecule has 0 aliphatic rings. The van der Waals surface area contributed by atoms with Crippen LogP contribution in [0.1, 0.15) is 1.43 Å². The third kappa shape index (κ3) is 110. The van der Waals surface area contributed by atoms with Gasteiger partial charge in [0.05, 0.1) is 0 Å². The largest absolute Gasteiger partial charge is 2.00 e. The predicted molar refractivity (Wildman–Crippen MR) is 21.2 cm³/mol. The maximum Gasteiger partial charge on any atom is 2.00 e. The molecule has 0 unspecified atom stereocenters. The van der Waals surface area contributed by atoms with Crippen LogP contribution >= 0.6 is 0 Å². The molecular formula is H13ClN4Pd. The van der Waals surface area contributed by atoms with Crippen molar-refractivity contribution in [3.63, 3.8) is 0 Å². The van der Waals surface area contributed by atoms with Gasteiger partial charge in [0, 0.05) is 0 Å². The SMILES string of the molecule is N.N.N.N.[Cl-].[H-].[Pd+2]. The van der Waals surface area contributed by atoms with Crippen molar-refractivity contribution >= 4 is 0 Å². The molecule has 0 bridgehead atoms. The van der Waals surface area contributed by atoms with E-state index in [4.69, 9.17) is 0 Å². The average Bonchev–Trinajstić information content (AvgIpc) is 0. The van der Waals surface area contributed by atoms with Crippen molar-refractivity contribution in [3.8, 4) is 0 Å². The van der Waals surface area contributed by atoms with E-state index in [2.05, 4.69) is 0 Å². The molecule has 0 fully saturated rings. The van der Waals surface area contributed by atoms with Crippen LogP contribution in [0, 0.1) is 0 Å². The first-order chi connectivity index (χ1) is 0. The van der Waals surface area contributed by atoms with Gasteiger partial charge in [0.1, 0.15) is 0 Å². The van der Waals surface area contributed by atoms with Crippen molar-refractivity contribution < 1.29 is 34.3 Å². The van der Waals surface area contributed by atoms with E-state index in [1.807, 2.05) is 0 Å². The Morgan fingerprint density at radius 2 is 0.667 bits per heavy atom. The third-order valence-electron chi connectivity index (χ3n) is 0. The Bertz CT molecular complexity index is 11.7. The molecule has 0 atom stereocenters. The summed E-state index contributed by atoms with van der Waals surface area (Å²) in [6.07, 6.45) is 0. The van der Waals surface area contributed by atoms with Gasteiger partial charge in [0.15, 0.2) is 0 Å². The average molecular weight is 211 g/mol. The second-order valence-corrected chi connectivity index (χ2v) is 0. The zero-order valence-electron chi connectivity index (χ0n) is 4.52. The topological polar surface area (TPSA) is 140 Å². The minimum Gasteiger partial charge on any atom is -1.00 e. The van der Waals surface area contributed by atoms with E-state index >= 15 is 0 Å². The summed E-state index contributed by atoms with van der Waals surface area (Å²) in [5.74, 6) is 0. The first-order valence-electron chi connectivity index (χ1n) is 0. The van der Waals surface area contributed by atoms with Crippen LogP contribution in [-0.2, 0) is 20.4 Å². The third-order valence-corrected chi connectivity index (χ3v) is 0. The standard InChI is InChI=1S/ClH.4H3N.Pd.H/h1H;4*1H3;;/q;;;;;+2;-1/p-1. The van der Waals surface area contributed by atoms with Gasteiger partial charge in [0.25, 0.3) is 0 Å². The Balaban J connectivity index is 0. The van der Waals surface area contributed by atoms with Gasteiger partial charge in [-0.3, -0.25) is 0 Å². The second kappa shape index (κ2) is 212. The Hall–Kier alpha value is 0.792. The molecule has 6 heteroatoms. The summed E-state index contributed by atoms with van der Waals surface area (Å²) in [7, 11) is 0. The molecule has 0 aromatic carbocycles. The second-order valence-electron chi connectivity index (χ2n) is 0. The molecule has 0 aliphatic heterocycles. The van der Waals surface area contributed by atoms with Crippen molar-refractivity contribution in [2.24, 2.45) is 0 Å². The van der Waals surface area contributed by atoms with E-state index < -0.39 is 0 Å².